The summed E-state index contributed by atoms with van der Waals surface area (Å²) in [7, 11) is -8.88. The molecule has 2 aliphatic rings. The van der Waals surface area contributed by atoms with Crippen LogP contribution >= 0.6 is 23.2 Å². The monoisotopic (exact) mass is 722 g/mol. The number of primary sulfonamides is 2. The molecule has 2 unspecified atom stereocenters. The molecule has 4 aromatic rings. The number of hydrazone groups is 2. The van der Waals surface area contributed by atoms with E-state index in [0.717, 1.165) is 0 Å². The van der Waals surface area contributed by atoms with Crippen molar-refractivity contribution in [2.45, 2.75) is 22.3 Å². The van der Waals surface area contributed by atoms with Crippen LogP contribution in [0.25, 0.3) is 11.1 Å². The lowest BCUT2D eigenvalue weighted by molar-refractivity contribution is 0.556. The highest BCUT2D eigenvalue weighted by molar-refractivity contribution is 7.90. The zero-order chi connectivity index (χ0) is 34.8. The van der Waals surface area contributed by atoms with E-state index >= 15 is 0 Å². The average molecular weight is 724 g/mol. The summed E-state index contributed by atoms with van der Waals surface area (Å²) in [4.78, 5) is 0. The fraction of sp³-hybridized carbons (Fsp3) is 0.125. The summed E-state index contributed by atoms with van der Waals surface area (Å²) in [6, 6.07) is 22.4. The van der Waals surface area contributed by atoms with Crippen molar-refractivity contribution in [1.82, 2.24) is 0 Å². The Bertz CT molecular complexity index is 2200. The van der Waals surface area contributed by atoms with Crippen LogP contribution in [0.4, 0.5) is 0 Å². The summed E-state index contributed by atoms with van der Waals surface area (Å²) in [5.41, 5.74) is 2.52. The van der Waals surface area contributed by atoms with Gasteiger partial charge in [0.15, 0.2) is 0 Å². The molecule has 0 saturated heterocycles. The molecule has 0 aromatic heterocycles. The Morgan fingerprint density at radius 3 is 1.25 bits per heavy atom. The van der Waals surface area contributed by atoms with Crippen molar-refractivity contribution in [2.24, 2.45) is 32.2 Å². The van der Waals surface area contributed by atoms with Crippen molar-refractivity contribution in [1.29, 1.82) is 10.8 Å². The van der Waals surface area contributed by atoms with E-state index in [1.807, 2.05) is 0 Å². The molecule has 12 nitrogen and oxygen atoms in total. The van der Waals surface area contributed by atoms with Gasteiger partial charge in [0, 0.05) is 34.0 Å². The van der Waals surface area contributed by atoms with E-state index in [1.54, 1.807) is 72.8 Å². The number of nitrogens with two attached hydrogens (primary N) is 4. The second kappa shape index (κ2) is 11.6. The van der Waals surface area contributed by atoms with Crippen molar-refractivity contribution in [3.05, 3.63) is 128 Å². The maximum atomic E-state index is 13.5. The number of hydrogen-bond donors (Lipinski definition) is 6. The number of nitrogens with one attached hydrogen (secondary N) is 2. The van der Waals surface area contributed by atoms with Crippen LogP contribution in [0.1, 0.15) is 46.2 Å². The Labute approximate surface area is 286 Å². The van der Waals surface area contributed by atoms with E-state index in [2.05, 4.69) is 10.2 Å². The standard InChI is InChI=1S/C32H28Cl2N8O4S2/c33-25-13-17(9-11-23(25)31(47(39,43)44)15-27(41-37)29(35)19-5-1-3-7-21(19)31)18-10-12-24(26(34)14-18)32(48(40,45)46)16-28(42-38)30(36)20-6-2-4-8-22(20)32/h1-14,35-36H,15-16,37-38H2,(H2,39,43,44)(H2,40,45,46)/b35-29?,36-30?,41-27-,42-28+. The lowest BCUT2D eigenvalue weighted by Gasteiger charge is -2.39. The fourth-order valence-electron chi connectivity index (χ4n) is 6.82. The van der Waals surface area contributed by atoms with E-state index < -0.39 is 29.5 Å². The summed E-state index contributed by atoms with van der Waals surface area (Å²) in [6.07, 6.45) is -0.638. The van der Waals surface area contributed by atoms with Gasteiger partial charge in [0.25, 0.3) is 0 Å². The van der Waals surface area contributed by atoms with Crippen molar-refractivity contribution >= 4 is 66.1 Å². The number of benzene rings is 4. The van der Waals surface area contributed by atoms with Gasteiger partial charge in [0.05, 0.1) is 22.8 Å². The number of rotatable bonds is 5. The first-order valence-corrected chi connectivity index (χ1v) is 18.0. The highest BCUT2D eigenvalue weighted by Gasteiger charge is 2.53. The molecule has 0 saturated carbocycles. The molecular weight excluding hydrogens is 695 g/mol. The minimum absolute atomic E-state index is 0.0191. The molecule has 6 rings (SSSR count). The van der Waals surface area contributed by atoms with Crippen LogP contribution in [0.2, 0.25) is 10.0 Å². The molecule has 0 fully saturated rings. The predicted octanol–water partition coefficient (Wildman–Crippen LogP) is 3.90. The molecule has 0 aliphatic heterocycles. The Hall–Kier alpha value is -4.44. The number of hydrogen-bond acceptors (Lipinski definition) is 10. The van der Waals surface area contributed by atoms with E-state index in [1.165, 1.54) is 12.1 Å². The molecule has 0 spiro atoms. The largest absolute Gasteiger partial charge is 0.323 e. The van der Waals surface area contributed by atoms with Crippen LogP contribution in [0.3, 0.4) is 0 Å². The van der Waals surface area contributed by atoms with Crippen LogP contribution in [0, 0.1) is 10.8 Å². The second-order valence-corrected chi connectivity index (χ2v) is 15.9. The van der Waals surface area contributed by atoms with Gasteiger partial charge < -0.3 is 11.7 Å². The van der Waals surface area contributed by atoms with Gasteiger partial charge in [0.1, 0.15) is 9.49 Å². The summed E-state index contributed by atoms with van der Waals surface area (Å²) in [6.45, 7) is 0. The SMILES string of the molecule is N=C1/C(=N\N)CC(c2ccc(-c3ccc(C4(S(N)(=O)=O)C/C(=N\N)C(=N)c5ccccc54)c(Cl)c3)cc2Cl)(S(N)(=O)=O)c2ccccc21. The molecule has 246 valence electrons. The molecule has 2 aliphatic carbocycles. The van der Waals surface area contributed by atoms with Crippen LogP contribution in [0.5, 0.6) is 0 Å². The Kier molecular flexibility index (Phi) is 8.10. The van der Waals surface area contributed by atoms with Crippen molar-refractivity contribution < 1.29 is 16.8 Å². The average Bonchev–Trinajstić information content (AvgIpc) is 3.05. The number of halogens is 2. The van der Waals surface area contributed by atoms with Gasteiger partial charge >= 0.3 is 0 Å². The lowest BCUT2D eigenvalue weighted by Crippen LogP contribution is -2.49. The van der Waals surface area contributed by atoms with Crippen LogP contribution < -0.4 is 22.0 Å². The zero-order valence-corrected chi connectivity index (χ0v) is 28.1. The Morgan fingerprint density at radius 1 is 0.583 bits per heavy atom. The Morgan fingerprint density at radius 2 is 0.938 bits per heavy atom. The molecule has 10 N–H and O–H groups in total. The maximum absolute atomic E-state index is 13.5. The second-order valence-electron chi connectivity index (χ2n) is 11.5. The number of fused-ring (bicyclic) bond motifs is 2. The van der Waals surface area contributed by atoms with Gasteiger partial charge in [0.2, 0.25) is 20.0 Å². The van der Waals surface area contributed by atoms with Gasteiger partial charge in [-0.2, -0.15) is 10.2 Å². The van der Waals surface area contributed by atoms with E-state index in [0.29, 0.717) is 22.3 Å². The van der Waals surface area contributed by atoms with E-state index in [9.17, 15) is 16.8 Å². The van der Waals surface area contributed by atoms with Gasteiger partial charge in [-0.1, -0.05) is 96.0 Å². The highest BCUT2D eigenvalue weighted by atomic mass is 35.5. The summed E-state index contributed by atoms with van der Waals surface area (Å²) < 4.78 is 50.1. The smallest absolute Gasteiger partial charge is 0.223 e. The highest BCUT2D eigenvalue weighted by Crippen LogP contribution is 2.50. The Balaban J connectivity index is 1.51. The minimum Gasteiger partial charge on any atom is -0.323 e. The minimum atomic E-state index is -4.44. The molecule has 0 radical (unpaired) electrons. The molecule has 0 amide bonds. The molecule has 48 heavy (non-hydrogen) atoms. The predicted molar refractivity (Wildman–Crippen MR) is 189 cm³/mol. The van der Waals surface area contributed by atoms with Gasteiger partial charge in [-0.25, -0.2) is 27.1 Å². The first kappa shape index (κ1) is 33.5. The molecule has 0 heterocycles. The maximum Gasteiger partial charge on any atom is 0.223 e. The van der Waals surface area contributed by atoms with Crippen molar-refractivity contribution in [3.63, 3.8) is 0 Å². The van der Waals surface area contributed by atoms with Crippen molar-refractivity contribution in [3.8, 4) is 11.1 Å². The first-order chi connectivity index (χ1) is 22.6. The third-order valence-corrected chi connectivity index (χ3v) is 12.8. The first-order valence-electron chi connectivity index (χ1n) is 14.2. The van der Waals surface area contributed by atoms with Crippen molar-refractivity contribution in [2.75, 3.05) is 0 Å². The summed E-state index contributed by atoms with van der Waals surface area (Å²) in [5.74, 6) is 11.2. The molecule has 2 atom stereocenters. The lowest BCUT2D eigenvalue weighted by atomic mass is 9.75. The summed E-state index contributed by atoms with van der Waals surface area (Å²) in [5, 5.41) is 36.5. The van der Waals surface area contributed by atoms with E-state index in [-0.39, 0.29) is 68.0 Å². The third kappa shape index (κ3) is 4.78. The van der Waals surface area contributed by atoms with Gasteiger partial charge in [-0.05, 0) is 45.5 Å². The quantitative estimate of drug-likeness (QED) is 0.132. The van der Waals surface area contributed by atoms with Crippen LogP contribution in [-0.2, 0) is 29.5 Å². The van der Waals surface area contributed by atoms with E-state index in [4.69, 9.17) is 56.0 Å². The molecule has 0 bridgehead atoms. The molecule has 4 aromatic carbocycles. The number of sulfonamides is 2. The van der Waals surface area contributed by atoms with Crippen LogP contribution in [0.15, 0.2) is 95.1 Å². The molecule has 16 heteroatoms. The topological polar surface area (TPSA) is 245 Å². The van der Waals surface area contributed by atoms with Gasteiger partial charge in [-0.3, -0.25) is 10.8 Å². The van der Waals surface area contributed by atoms with Crippen LogP contribution in [-0.4, -0.2) is 39.7 Å². The summed E-state index contributed by atoms with van der Waals surface area (Å²) >= 11 is 13.7. The fourth-order valence-corrected chi connectivity index (χ4v) is 10.2. The zero-order valence-electron chi connectivity index (χ0n) is 24.9. The molecular formula is C32H28Cl2N8O4S2. The van der Waals surface area contributed by atoms with Gasteiger partial charge in [-0.15, -0.1) is 0 Å². The third-order valence-electron chi connectivity index (χ3n) is 9.10. The normalized spacial score (nSPS) is 22.8. The number of nitrogens with zero attached hydrogens (tertiary/aromatic N) is 2.